The fourth-order valence-corrected chi connectivity index (χ4v) is 5.23. The molecule has 1 aliphatic heterocycles. The number of nitrogens with zero attached hydrogens (tertiary/aromatic N) is 2. The maximum absolute atomic E-state index is 15.1. The Labute approximate surface area is 218 Å². The average Bonchev–Trinajstić information content (AvgIpc) is 2.91. The number of nitrogen functional groups attached to an aromatic ring is 1. The molecular weight excluding hydrogens is 467 g/mol. The van der Waals surface area contributed by atoms with Gasteiger partial charge in [-0.1, -0.05) is 42.5 Å². The smallest absolute Gasteiger partial charge is 0.257 e. The van der Waals surface area contributed by atoms with Gasteiger partial charge in [-0.2, -0.15) is 0 Å². The van der Waals surface area contributed by atoms with Gasteiger partial charge in [0.2, 0.25) is 5.91 Å². The predicted octanol–water partition coefficient (Wildman–Crippen LogP) is 5.53. The van der Waals surface area contributed by atoms with Crippen molar-refractivity contribution in [2.45, 2.75) is 32.6 Å². The van der Waals surface area contributed by atoms with Gasteiger partial charge in [-0.15, -0.1) is 0 Å². The van der Waals surface area contributed by atoms with E-state index in [-0.39, 0.29) is 23.7 Å². The SMILES string of the molecule is CCN(CC)C(=O)C(c1ccccc1)C1CCN(c2ccc(NC(=O)c3ccccc3N)cc2F)CC1. The number of carbonyl (C=O) groups is 2. The summed E-state index contributed by atoms with van der Waals surface area (Å²) in [6.07, 6.45) is 1.58. The Hall–Kier alpha value is -3.87. The fourth-order valence-electron chi connectivity index (χ4n) is 5.23. The highest BCUT2D eigenvalue weighted by atomic mass is 19.1. The number of hydrogen-bond donors (Lipinski definition) is 2. The second-order valence-electron chi connectivity index (χ2n) is 9.43. The normalized spacial score (nSPS) is 14.7. The summed E-state index contributed by atoms with van der Waals surface area (Å²) in [6, 6.07) is 21.5. The van der Waals surface area contributed by atoms with Crippen molar-refractivity contribution < 1.29 is 14.0 Å². The summed E-state index contributed by atoms with van der Waals surface area (Å²) < 4.78 is 15.1. The van der Waals surface area contributed by atoms with E-state index in [0.29, 0.717) is 48.8 Å². The van der Waals surface area contributed by atoms with Crippen LogP contribution < -0.4 is 16.0 Å². The van der Waals surface area contributed by atoms with Crippen LogP contribution in [0, 0.1) is 11.7 Å². The standard InChI is InChI=1S/C30H35FN4O2/c1-3-34(4-2)30(37)28(21-10-6-5-7-11-21)22-16-18-35(19-17-22)27-15-14-23(20-25(27)31)33-29(36)24-12-8-9-13-26(24)32/h5-15,20,22,28H,3-4,16-19,32H2,1-2H3,(H,33,36). The molecule has 7 heteroatoms. The van der Waals surface area contributed by atoms with Gasteiger partial charge in [0.15, 0.2) is 0 Å². The van der Waals surface area contributed by atoms with Crippen molar-refractivity contribution in [2.24, 2.45) is 5.92 Å². The molecule has 0 radical (unpaired) electrons. The zero-order valence-electron chi connectivity index (χ0n) is 21.5. The van der Waals surface area contributed by atoms with Gasteiger partial charge in [0, 0.05) is 37.6 Å². The van der Waals surface area contributed by atoms with E-state index in [0.717, 1.165) is 18.4 Å². The van der Waals surface area contributed by atoms with E-state index >= 15 is 4.39 Å². The van der Waals surface area contributed by atoms with Gasteiger partial charge < -0.3 is 20.9 Å². The third-order valence-corrected chi connectivity index (χ3v) is 7.26. The highest BCUT2D eigenvalue weighted by molar-refractivity contribution is 6.07. The highest BCUT2D eigenvalue weighted by Gasteiger charge is 2.35. The van der Waals surface area contributed by atoms with Crippen LogP contribution in [0.2, 0.25) is 0 Å². The number of nitrogens with two attached hydrogens (primary N) is 1. The van der Waals surface area contributed by atoms with Crippen molar-refractivity contribution >= 4 is 28.9 Å². The molecule has 3 aromatic carbocycles. The molecule has 4 rings (SSSR count). The number of piperidine rings is 1. The number of hydrogen-bond acceptors (Lipinski definition) is 4. The van der Waals surface area contributed by atoms with Gasteiger partial charge in [0.25, 0.3) is 5.91 Å². The van der Waals surface area contributed by atoms with Crippen LogP contribution in [0.4, 0.5) is 21.5 Å². The number of amides is 2. The number of para-hydroxylation sites is 1. The summed E-state index contributed by atoms with van der Waals surface area (Å²) in [4.78, 5) is 29.9. The molecule has 1 heterocycles. The Morgan fingerprint density at radius 3 is 2.27 bits per heavy atom. The number of nitrogens with one attached hydrogen (secondary N) is 1. The van der Waals surface area contributed by atoms with Crippen molar-refractivity contribution in [3.8, 4) is 0 Å². The Balaban J connectivity index is 1.45. The Morgan fingerprint density at radius 2 is 1.65 bits per heavy atom. The first-order chi connectivity index (χ1) is 17.9. The molecule has 3 N–H and O–H groups in total. The van der Waals surface area contributed by atoms with Gasteiger partial charge in [-0.05, 0) is 68.5 Å². The van der Waals surface area contributed by atoms with E-state index in [9.17, 15) is 9.59 Å². The monoisotopic (exact) mass is 502 g/mol. The summed E-state index contributed by atoms with van der Waals surface area (Å²) in [7, 11) is 0. The first-order valence-electron chi connectivity index (χ1n) is 13.0. The molecule has 1 fully saturated rings. The maximum Gasteiger partial charge on any atom is 0.257 e. The van der Waals surface area contributed by atoms with Crippen LogP contribution in [-0.4, -0.2) is 42.9 Å². The summed E-state index contributed by atoms with van der Waals surface area (Å²) in [5, 5.41) is 2.72. The lowest BCUT2D eigenvalue weighted by Gasteiger charge is -2.38. The molecule has 3 aromatic rings. The number of halogens is 1. The minimum Gasteiger partial charge on any atom is -0.398 e. The van der Waals surface area contributed by atoms with E-state index in [2.05, 4.69) is 5.32 Å². The molecule has 37 heavy (non-hydrogen) atoms. The molecule has 6 nitrogen and oxygen atoms in total. The molecule has 1 unspecified atom stereocenters. The molecule has 0 bridgehead atoms. The molecule has 194 valence electrons. The van der Waals surface area contributed by atoms with E-state index in [1.54, 1.807) is 36.4 Å². The van der Waals surface area contributed by atoms with Crippen LogP contribution in [0.15, 0.2) is 72.8 Å². The molecule has 0 spiro atoms. The van der Waals surface area contributed by atoms with Crippen LogP contribution in [0.25, 0.3) is 0 Å². The molecule has 0 saturated carbocycles. The van der Waals surface area contributed by atoms with Crippen LogP contribution >= 0.6 is 0 Å². The summed E-state index contributed by atoms with van der Waals surface area (Å²) in [6.45, 7) is 6.70. The average molecular weight is 503 g/mol. The summed E-state index contributed by atoms with van der Waals surface area (Å²) in [5.41, 5.74) is 8.52. The van der Waals surface area contributed by atoms with Gasteiger partial charge in [0.1, 0.15) is 5.82 Å². The number of likely N-dealkylation sites (N-methyl/N-ethyl adjacent to an activating group) is 1. The van der Waals surface area contributed by atoms with Crippen molar-refractivity contribution in [3.05, 3.63) is 89.7 Å². The van der Waals surface area contributed by atoms with E-state index < -0.39 is 5.82 Å². The molecule has 1 saturated heterocycles. The zero-order valence-corrected chi connectivity index (χ0v) is 21.5. The second kappa shape index (κ2) is 11.9. The minimum absolute atomic E-state index is 0.167. The molecule has 2 amide bonds. The van der Waals surface area contributed by atoms with Crippen LogP contribution in [0.1, 0.15) is 48.5 Å². The summed E-state index contributed by atoms with van der Waals surface area (Å²) in [5.74, 6) is -0.618. The topological polar surface area (TPSA) is 78.7 Å². The quantitative estimate of drug-likeness (QED) is 0.397. The van der Waals surface area contributed by atoms with Crippen molar-refractivity contribution in [3.63, 3.8) is 0 Å². The van der Waals surface area contributed by atoms with Gasteiger partial charge >= 0.3 is 0 Å². The van der Waals surface area contributed by atoms with Crippen molar-refractivity contribution in [1.82, 2.24) is 4.90 Å². The van der Waals surface area contributed by atoms with E-state index in [4.69, 9.17) is 5.73 Å². The highest BCUT2D eigenvalue weighted by Crippen LogP contribution is 2.36. The van der Waals surface area contributed by atoms with Gasteiger partial charge in [0.05, 0.1) is 17.2 Å². The minimum atomic E-state index is -0.392. The first-order valence-corrected chi connectivity index (χ1v) is 13.0. The Morgan fingerprint density at radius 1 is 1.00 bits per heavy atom. The predicted molar refractivity (Wildman–Crippen MR) is 147 cm³/mol. The second-order valence-corrected chi connectivity index (χ2v) is 9.43. The third-order valence-electron chi connectivity index (χ3n) is 7.26. The summed E-state index contributed by atoms with van der Waals surface area (Å²) >= 11 is 0. The fraction of sp³-hybridized carbons (Fsp3) is 0.333. The number of carbonyl (C=O) groups excluding carboxylic acids is 2. The van der Waals surface area contributed by atoms with E-state index in [1.807, 2.05) is 54.0 Å². The number of anilines is 3. The molecule has 1 aliphatic rings. The lowest BCUT2D eigenvalue weighted by atomic mass is 9.79. The van der Waals surface area contributed by atoms with Crippen molar-refractivity contribution in [1.29, 1.82) is 0 Å². The Kier molecular flexibility index (Phi) is 8.43. The zero-order chi connectivity index (χ0) is 26.4. The number of rotatable bonds is 8. The maximum atomic E-state index is 15.1. The van der Waals surface area contributed by atoms with E-state index in [1.165, 1.54) is 6.07 Å². The molecular formula is C30H35FN4O2. The van der Waals surface area contributed by atoms with Crippen molar-refractivity contribution in [2.75, 3.05) is 42.1 Å². The lowest BCUT2D eigenvalue weighted by molar-refractivity contribution is -0.134. The van der Waals surface area contributed by atoms with Gasteiger partial charge in [-0.3, -0.25) is 9.59 Å². The molecule has 0 aromatic heterocycles. The van der Waals surface area contributed by atoms with Crippen LogP contribution in [0.5, 0.6) is 0 Å². The molecule has 0 aliphatic carbocycles. The lowest BCUT2D eigenvalue weighted by Crippen LogP contribution is -2.42. The largest absolute Gasteiger partial charge is 0.398 e. The van der Waals surface area contributed by atoms with Crippen LogP contribution in [0.3, 0.4) is 0 Å². The first kappa shape index (κ1) is 26.2. The van der Waals surface area contributed by atoms with Crippen LogP contribution in [-0.2, 0) is 4.79 Å². The third kappa shape index (κ3) is 5.93. The number of benzene rings is 3. The Bertz CT molecular complexity index is 1220. The molecule has 1 atom stereocenters. The van der Waals surface area contributed by atoms with Gasteiger partial charge in [-0.25, -0.2) is 4.39 Å².